The second-order valence-corrected chi connectivity index (χ2v) is 18.5. The fraction of sp³-hybridized carbons (Fsp3) is 0.944. The number of ether oxygens (including phenoxy) is 3. The Balaban J connectivity index is 4.29. The molecule has 0 aliphatic carbocycles. The lowest BCUT2D eigenvalue weighted by Gasteiger charge is -2.18. The molecule has 0 aliphatic heterocycles. The van der Waals surface area contributed by atoms with Crippen molar-refractivity contribution in [1.82, 2.24) is 0 Å². The van der Waals surface area contributed by atoms with Crippen LogP contribution < -0.4 is 0 Å². The average molecular weight is 849 g/mol. The fourth-order valence-electron chi connectivity index (χ4n) is 8.27. The van der Waals surface area contributed by atoms with E-state index in [0.29, 0.717) is 19.3 Å². The molecule has 0 bridgehead atoms. The van der Waals surface area contributed by atoms with Crippen LogP contribution in [0.4, 0.5) is 0 Å². The van der Waals surface area contributed by atoms with Crippen LogP contribution in [0.3, 0.4) is 0 Å². The number of unbranched alkanes of at least 4 members (excludes halogenated alkanes) is 39. The number of esters is 3. The van der Waals surface area contributed by atoms with Gasteiger partial charge in [0.1, 0.15) is 13.2 Å². The number of carbonyl (C=O) groups excluding carboxylic acids is 3. The van der Waals surface area contributed by atoms with E-state index in [1.54, 1.807) is 0 Å². The van der Waals surface area contributed by atoms with Gasteiger partial charge in [-0.3, -0.25) is 14.4 Å². The number of carbonyl (C=O) groups is 3. The van der Waals surface area contributed by atoms with Crippen molar-refractivity contribution in [2.24, 2.45) is 0 Å². The summed E-state index contributed by atoms with van der Waals surface area (Å²) in [7, 11) is 0. The van der Waals surface area contributed by atoms with Crippen LogP contribution in [0.15, 0.2) is 0 Å². The Morgan fingerprint density at radius 3 is 0.667 bits per heavy atom. The second kappa shape index (κ2) is 50.1. The van der Waals surface area contributed by atoms with Crippen molar-refractivity contribution in [3.63, 3.8) is 0 Å². The maximum atomic E-state index is 12.8. The largest absolute Gasteiger partial charge is 0.462 e. The average Bonchev–Trinajstić information content (AvgIpc) is 3.24. The van der Waals surface area contributed by atoms with E-state index >= 15 is 0 Å². The molecule has 0 spiro atoms. The highest BCUT2D eigenvalue weighted by molar-refractivity contribution is 5.71. The van der Waals surface area contributed by atoms with Crippen molar-refractivity contribution in [1.29, 1.82) is 0 Å². The molecule has 0 rings (SSSR count). The third-order valence-corrected chi connectivity index (χ3v) is 12.4. The quantitative estimate of drug-likeness (QED) is 0.0345. The van der Waals surface area contributed by atoms with Crippen LogP contribution in [-0.2, 0) is 28.6 Å². The van der Waals surface area contributed by atoms with Gasteiger partial charge >= 0.3 is 17.9 Å². The molecule has 0 heterocycles. The van der Waals surface area contributed by atoms with Crippen LogP contribution in [0, 0.1) is 0 Å². The molecule has 0 aromatic heterocycles. The molecular formula is C54H104O6. The molecule has 356 valence electrons. The number of hydrogen-bond acceptors (Lipinski definition) is 6. The van der Waals surface area contributed by atoms with Crippen molar-refractivity contribution in [3.8, 4) is 0 Å². The zero-order chi connectivity index (χ0) is 43.7. The third-order valence-electron chi connectivity index (χ3n) is 12.4. The van der Waals surface area contributed by atoms with E-state index in [-0.39, 0.29) is 31.1 Å². The van der Waals surface area contributed by atoms with E-state index in [1.807, 2.05) is 0 Å². The smallest absolute Gasteiger partial charge is 0.306 e. The molecule has 1 atom stereocenters. The minimum atomic E-state index is -0.759. The molecule has 0 fully saturated rings. The van der Waals surface area contributed by atoms with Gasteiger partial charge in [0.15, 0.2) is 6.10 Å². The van der Waals surface area contributed by atoms with E-state index in [4.69, 9.17) is 14.2 Å². The zero-order valence-corrected chi connectivity index (χ0v) is 40.8. The van der Waals surface area contributed by atoms with Crippen LogP contribution in [-0.4, -0.2) is 37.2 Å². The predicted octanol–water partition coefficient (Wildman–Crippen LogP) is 17.6. The predicted molar refractivity (Wildman–Crippen MR) is 257 cm³/mol. The van der Waals surface area contributed by atoms with Gasteiger partial charge in [0.05, 0.1) is 0 Å². The zero-order valence-electron chi connectivity index (χ0n) is 40.8. The van der Waals surface area contributed by atoms with Crippen LogP contribution >= 0.6 is 0 Å². The van der Waals surface area contributed by atoms with Gasteiger partial charge in [0.25, 0.3) is 0 Å². The molecule has 6 nitrogen and oxygen atoms in total. The SMILES string of the molecule is CCCCCCCCCCCCCCCCCC(=O)OCC(COC(=O)CCCCCCCCCCCCCC)OC(=O)CCCCCCCCCCCCCCCCC. The lowest BCUT2D eigenvalue weighted by molar-refractivity contribution is -0.167. The van der Waals surface area contributed by atoms with Crippen molar-refractivity contribution >= 4 is 17.9 Å². The highest BCUT2D eigenvalue weighted by Crippen LogP contribution is 2.17. The van der Waals surface area contributed by atoms with Crippen LogP contribution in [0.1, 0.15) is 310 Å². The van der Waals surface area contributed by atoms with Gasteiger partial charge in [0, 0.05) is 19.3 Å². The van der Waals surface area contributed by atoms with E-state index in [1.165, 1.54) is 212 Å². The highest BCUT2D eigenvalue weighted by Gasteiger charge is 2.19. The summed E-state index contributed by atoms with van der Waals surface area (Å²) in [5.74, 6) is -0.837. The van der Waals surface area contributed by atoms with Crippen molar-refractivity contribution < 1.29 is 28.6 Å². The Morgan fingerprint density at radius 1 is 0.267 bits per heavy atom. The summed E-state index contributed by atoms with van der Waals surface area (Å²) in [5, 5.41) is 0. The maximum Gasteiger partial charge on any atom is 0.306 e. The molecule has 0 aromatic carbocycles. The van der Waals surface area contributed by atoms with Crippen LogP contribution in [0.25, 0.3) is 0 Å². The molecular weight excluding hydrogens is 745 g/mol. The first-order chi connectivity index (χ1) is 29.5. The van der Waals surface area contributed by atoms with Gasteiger partial charge in [-0.25, -0.2) is 0 Å². The van der Waals surface area contributed by atoms with Crippen molar-refractivity contribution in [3.05, 3.63) is 0 Å². The molecule has 0 saturated carbocycles. The monoisotopic (exact) mass is 849 g/mol. The minimum absolute atomic E-state index is 0.0615. The third kappa shape index (κ3) is 47.5. The fourth-order valence-corrected chi connectivity index (χ4v) is 8.27. The molecule has 1 unspecified atom stereocenters. The highest BCUT2D eigenvalue weighted by atomic mass is 16.6. The molecule has 0 N–H and O–H groups in total. The normalized spacial score (nSPS) is 11.8. The van der Waals surface area contributed by atoms with E-state index in [9.17, 15) is 14.4 Å². The summed E-state index contributed by atoms with van der Waals surface area (Å²) in [6.45, 7) is 6.69. The van der Waals surface area contributed by atoms with Crippen LogP contribution in [0.2, 0.25) is 0 Å². The van der Waals surface area contributed by atoms with Gasteiger partial charge in [-0.2, -0.15) is 0 Å². The Bertz CT molecular complexity index is 889. The van der Waals surface area contributed by atoms with Gasteiger partial charge in [0.2, 0.25) is 0 Å². The first kappa shape index (κ1) is 58.4. The maximum absolute atomic E-state index is 12.8. The summed E-state index contributed by atoms with van der Waals surface area (Å²) < 4.78 is 16.8. The summed E-state index contributed by atoms with van der Waals surface area (Å²) in [6.07, 6.45) is 53.7. The topological polar surface area (TPSA) is 78.9 Å². The summed E-state index contributed by atoms with van der Waals surface area (Å²) in [5.41, 5.74) is 0. The molecule has 0 saturated heterocycles. The van der Waals surface area contributed by atoms with E-state index in [2.05, 4.69) is 20.8 Å². The Kier molecular flexibility index (Phi) is 48.7. The van der Waals surface area contributed by atoms with Gasteiger partial charge in [-0.05, 0) is 19.3 Å². The van der Waals surface area contributed by atoms with Gasteiger partial charge in [-0.15, -0.1) is 0 Å². The summed E-state index contributed by atoms with van der Waals surface area (Å²) in [6, 6.07) is 0. The first-order valence-electron chi connectivity index (χ1n) is 27.0. The van der Waals surface area contributed by atoms with Crippen molar-refractivity contribution in [2.45, 2.75) is 316 Å². The van der Waals surface area contributed by atoms with Crippen molar-refractivity contribution in [2.75, 3.05) is 13.2 Å². The van der Waals surface area contributed by atoms with E-state index in [0.717, 1.165) is 57.8 Å². The number of rotatable bonds is 50. The van der Waals surface area contributed by atoms with Crippen LogP contribution in [0.5, 0.6) is 0 Å². The first-order valence-corrected chi connectivity index (χ1v) is 27.0. The second-order valence-electron chi connectivity index (χ2n) is 18.5. The molecule has 0 amide bonds. The lowest BCUT2D eigenvalue weighted by atomic mass is 10.0. The Morgan fingerprint density at radius 2 is 0.450 bits per heavy atom. The Hall–Kier alpha value is -1.59. The lowest BCUT2D eigenvalue weighted by Crippen LogP contribution is -2.30. The Labute approximate surface area is 374 Å². The number of hydrogen-bond donors (Lipinski definition) is 0. The summed E-state index contributed by atoms with van der Waals surface area (Å²) >= 11 is 0. The van der Waals surface area contributed by atoms with Gasteiger partial charge in [-0.1, -0.05) is 271 Å². The molecule has 60 heavy (non-hydrogen) atoms. The molecule has 0 aliphatic rings. The standard InChI is InChI=1S/C54H104O6/c1-4-7-10-13-16-19-22-25-27-29-32-35-38-41-44-47-53(56)59-50-51(49-58-52(55)46-43-40-37-34-31-24-21-18-15-12-9-6-3)60-54(57)48-45-42-39-36-33-30-28-26-23-20-17-14-11-8-5-2/h51H,4-50H2,1-3H3. The molecule has 6 heteroatoms. The van der Waals surface area contributed by atoms with Gasteiger partial charge < -0.3 is 14.2 Å². The summed E-state index contributed by atoms with van der Waals surface area (Å²) in [4.78, 5) is 38.0. The minimum Gasteiger partial charge on any atom is -0.462 e. The molecule has 0 radical (unpaired) electrons. The molecule has 0 aromatic rings. The van der Waals surface area contributed by atoms with E-state index < -0.39 is 6.10 Å².